The molecular weight excluding hydrogens is 361 g/mol. The molecule has 0 bridgehead atoms. The summed E-state index contributed by atoms with van der Waals surface area (Å²) in [6, 6.07) is 2.31. The number of aryl methyl sites for hydroxylation is 1. The third-order valence-corrected chi connectivity index (χ3v) is 8.67. The van der Waals surface area contributed by atoms with E-state index in [2.05, 4.69) is 0 Å². The molecule has 0 amide bonds. The Kier molecular flexibility index (Phi) is 6.34. The normalized spacial score (nSPS) is 13.5. The smallest absolute Gasteiger partial charge is 0.339 e. The SMILES string of the molecule is CCCS(=O)(=O)C(CC)S(=O)(=O)Nc1ccc(C)c(C(=O)O)c1F. The van der Waals surface area contributed by atoms with Gasteiger partial charge in [0.1, 0.15) is 5.56 Å². The molecule has 0 fully saturated rings. The molecule has 0 aromatic heterocycles. The van der Waals surface area contributed by atoms with Crippen LogP contribution in [0.3, 0.4) is 0 Å². The quantitative estimate of drug-likeness (QED) is 0.712. The monoisotopic (exact) mass is 381 g/mol. The fourth-order valence-corrected chi connectivity index (χ4v) is 6.67. The van der Waals surface area contributed by atoms with Crippen molar-refractivity contribution in [2.45, 2.75) is 38.2 Å². The van der Waals surface area contributed by atoms with E-state index in [0.29, 0.717) is 0 Å². The van der Waals surface area contributed by atoms with Gasteiger partial charge in [0, 0.05) is 0 Å². The van der Waals surface area contributed by atoms with Crippen molar-refractivity contribution in [3.63, 3.8) is 0 Å². The zero-order chi connectivity index (χ0) is 18.7. The van der Waals surface area contributed by atoms with Gasteiger partial charge in [-0.1, -0.05) is 19.9 Å². The van der Waals surface area contributed by atoms with Gasteiger partial charge in [0.25, 0.3) is 0 Å². The lowest BCUT2D eigenvalue weighted by atomic mass is 10.1. The molecule has 0 aliphatic heterocycles. The van der Waals surface area contributed by atoms with Gasteiger partial charge in [0.2, 0.25) is 10.0 Å². The van der Waals surface area contributed by atoms with Crippen molar-refractivity contribution in [3.05, 3.63) is 29.1 Å². The van der Waals surface area contributed by atoms with Crippen LogP contribution in [0.1, 0.15) is 42.6 Å². The summed E-state index contributed by atoms with van der Waals surface area (Å²) in [7, 11) is -8.39. The average Bonchev–Trinajstić information content (AvgIpc) is 2.41. The van der Waals surface area contributed by atoms with Gasteiger partial charge in [0.15, 0.2) is 20.2 Å². The van der Waals surface area contributed by atoms with Gasteiger partial charge < -0.3 is 5.11 Å². The summed E-state index contributed by atoms with van der Waals surface area (Å²) >= 11 is 0. The first-order valence-corrected chi connectivity index (χ1v) is 10.5. The number of rotatable bonds is 8. The summed E-state index contributed by atoms with van der Waals surface area (Å²) in [5.41, 5.74) is -1.14. The van der Waals surface area contributed by atoms with Crippen LogP contribution in [-0.4, -0.2) is 38.2 Å². The van der Waals surface area contributed by atoms with Crippen LogP contribution in [0.4, 0.5) is 10.1 Å². The van der Waals surface area contributed by atoms with Gasteiger partial charge in [-0.15, -0.1) is 0 Å². The fraction of sp³-hybridized carbons (Fsp3) is 0.500. The summed E-state index contributed by atoms with van der Waals surface area (Å²) < 4.78 is 63.4. The molecule has 10 heteroatoms. The van der Waals surface area contributed by atoms with E-state index >= 15 is 0 Å². The van der Waals surface area contributed by atoms with Gasteiger partial charge >= 0.3 is 5.97 Å². The highest BCUT2D eigenvalue weighted by Crippen LogP contribution is 2.25. The highest BCUT2D eigenvalue weighted by molar-refractivity contribution is 8.09. The van der Waals surface area contributed by atoms with E-state index in [1.165, 1.54) is 19.9 Å². The minimum Gasteiger partial charge on any atom is -0.478 e. The van der Waals surface area contributed by atoms with Crippen molar-refractivity contribution in [2.75, 3.05) is 10.5 Å². The van der Waals surface area contributed by atoms with Crippen LogP contribution < -0.4 is 4.72 Å². The lowest BCUT2D eigenvalue weighted by Gasteiger charge is -2.18. The van der Waals surface area contributed by atoms with Crippen molar-refractivity contribution in [1.82, 2.24) is 0 Å². The van der Waals surface area contributed by atoms with E-state index in [4.69, 9.17) is 5.11 Å². The molecule has 2 N–H and O–H groups in total. The zero-order valence-corrected chi connectivity index (χ0v) is 15.2. The van der Waals surface area contributed by atoms with Crippen LogP contribution in [0.2, 0.25) is 0 Å². The number of carboxylic acid groups (broad SMARTS) is 1. The summed E-state index contributed by atoms with van der Waals surface area (Å²) in [5.74, 6) is -3.12. The van der Waals surface area contributed by atoms with Gasteiger partial charge in [0.05, 0.1) is 11.4 Å². The number of benzene rings is 1. The van der Waals surface area contributed by atoms with Gasteiger partial charge in [-0.2, -0.15) is 0 Å². The highest BCUT2D eigenvalue weighted by Gasteiger charge is 2.36. The predicted molar refractivity (Wildman–Crippen MR) is 88.8 cm³/mol. The molecule has 24 heavy (non-hydrogen) atoms. The Hall–Kier alpha value is -1.68. The lowest BCUT2D eigenvalue weighted by molar-refractivity contribution is 0.0691. The lowest BCUT2D eigenvalue weighted by Crippen LogP contribution is -2.36. The number of anilines is 1. The minimum atomic E-state index is -4.45. The minimum absolute atomic E-state index is 0.119. The van der Waals surface area contributed by atoms with Crippen LogP contribution in [0, 0.1) is 12.7 Å². The van der Waals surface area contributed by atoms with E-state index in [1.807, 2.05) is 4.72 Å². The van der Waals surface area contributed by atoms with Gasteiger partial charge in [-0.05, 0) is 31.4 Å². The van der Waals surface area contributed by atoms with Crippen LogP contribution in [0.15, 0.2) is 12.1 Å². The second-order valence-corrected chi connectivity index (χ2v) is 9.74. The standard InChI is InChI=1S/C14H20FNO6S2/c1-4-8-23(19,20)11(5-2)24(21,22)16-10-7-6-9(3)12(13(10)15)14(17)18/h6-7,11,16H,4-5,8H2,1-3H3,(H,17,18). The van der Waals surface area contributed by atoms with Crippen LogP contribution in [-0.2, 0) is 19.9 Å². The first-order chi connectivity index (χ1) is 11.0. The molecule has 0 aliphatic carbocycles. The number of nitrogens with one attached hydrogen (secondary N) is 1. The number of hydrogen-bond acceptors (Lipinski definition) is 5. The summed E-state index contributed by atoms with van der Waals surface area (Å²) in [4.78, 5) is 11.1. The molecule has 0 radical (unpaired) electrons. The molecule has 1 atom stereocenters. The van der Waals surface area contributed by atoms with Crippen molar-refractivity contribution in [1.29, 1.82) is 0 Å². The van der Waals surface area contributed by atoms with E-state index in [-0.39, 0.29) is 24.2 Å². The largest absolute Gasteiger partial charge is 0.478 e. The second-order valence-electron chi connectivity index (χ2n) is 5.28. The Labute approximate surface area is 140 Å². The molecule has 0 saturated carbocycles. The number of carbonyl (C=O) groups is 1. The molecule has 1 aromatic carbocycles. The number of sulfonamides is 1. The second kappa shape index (κ2) is 7.47. The van der Waals surface area contributed by atoms with Crippen molar-refractivity contribution >= 4 is 31.5 Å². The number of hydrogen-bond donors (Lipinski definition) is 2. The Morgan fingerprint density at radius 3 is 2.29 bits per heavy atom. The number of halogens is 1. The first-order valence-electron chi connectivity index (χ1n) is 7.23. The molecule has 1 rings (SSSR count). The third kappa shape index (κ3) is 4.23. The maximum absolute atomic E-state index is 14.3. The Morgan fingerprint density at radius 2 is 1.83 bits per heavy atom. The highest BCUT2D eigenvalue weighted by atomic mass is 32.3. The number of carboxylic acids is 1. The van der Waals surface area contributed by atoms with Crippen LogP contribution >= 0.6 is 0 Å². The molecular formula is C14H20FNO6S2. The Morgan fingerprint density at radius 1 is 1.25 bits per heavy atom. The predicted octanol–water partition coefficient (Wildman–Crippen LogP) is 2.13. The summed E-state index contributed by atoms with van der Waals surface area (Å²) in [6.45, 7) is 4.36. The maximum Gasteiger partial charge on any atom is 0.339 e. The fourth-order valence-electron chi connectivity index (χ4n) is 2.32. The number of aromatic carboxylic acids is 1. The summed E-state index contributed by atoms with van der Waals surface area (Å²) in [6.07, 6.45) is 0.0351. The molecule has 1 aromatic rings. The zero-order valence-electron chi connectivity index (χ0n) is 13.5. The molecule has 0 aliphatic rings. The van der Waals surface area contributed by atoms with E-state index in [9.17, 15) is 26.0 Å². The summed E-state index contributed by atoms with van der Waals surface area (Å²) in [5, 5.41) is 9.01. The Bertz CT molecular complexity index is 833. The number of sulfone groups is 1. The Balaban J connectivity index is 3.34. The van der Waals surface area contributed by atoms with Crippen LogP contribution in [0.5, 0.6) is 0 Å². The molecule has 0 heterocycles. The van der Waals surface area contributed by atoms with E-state index in [0.717, 1.165) is 6.07 Å². The topological polar surface area (TPSA) is 118 Å². The van der Waals surface area contributed by atoms with Crippen molar-refractivity contribution in [2.24, 2.45) is 0 Å². The molecule has 0 spiro atoms. The maximum atomic E-state index is 14.3. The van der Waals surface area contributed by atoms with Crippen molar-refractivity contribution < 1.29 is 31.1 Å². The van der Waals surface area contributed by atoms with Gasteiger partial charge in [-0.25, -0.2) is 26.0 Å². The van der Waals surface area contributed by atoms with Crippen LogP contribution in [0.25, 0.3) is 0 Å². The molecule has 1 unspecified atom stereocenters. The average molecular weight is 381 g/mol. The van der Waals surface area contributed by atoms with E-state index in [1.54, 1.807) is 6.92 Å². The van der Waals surface area contributed by atoms with E-state index < -0.39 is 47.5 Å². The molecule has 0 saturated heterocycles. The third-order valence-electron chi connectivity index (χ3n) is 3.38. The first kappa shape index (κ1) is 20.4. The van der Waals surface area contributed by atoms with Crippen molar-refractivity contribution in [3.8, 4) is 0 Å². The molecule has 136 valence electrons. The molecule has 7 nitrogen and oxygen atoms in total. The van der Waals surface area contributed by atoms with Gasteiger partial charge in [-0.3, -0.25) is 4.72 Å².